The monoisotopic (exact) mass is 324 g/mol. The molecule has 7 heteroatoms. The van der Waals surface area contributed by atoms with Crippen molar-refractivity contribution < 1.29 is 8.42 Å². The first-order chi connectivity index (χ1) is 10.5. The van der Waals surface area contributed by atoms with Gasteiger partial charge in [-0.1, -0.05) is 24.3 Å². The van der Waals surface area contributed by atoms with Crippen molar-refractivity contribution >= 4 is 16.0 Å². The van der Waals surface area contributed by atoms with E-state index in [1.54, 1.807) is 7.05 Å². The second-order valence-electron chi connectivity index (χ2n) is 5.53. The number of sulfonamides is 1. The van der Waals surface area contributed by atoms with E-state index >= 15 is 0 Å². The second-order valence-corrected chi connectivity index (χ2v) is 7.46. The molecule has 1 aromatic carbocycles. The quantitative estimate of drug-likeness (QED) is 0.512. The van der Waals surface area contributed by atoms with Crippen molar-refractivity contribution in [1.29, 1.82) is 0 Å². The Hall–Kier alpha value is -1.60. The van der Waals surface area contributed by atoms with Gasteiger partial charge >= 0.3 is 0 Å². The third kappa shape index (κ3) is 5.65. The van der Waals surface area contributed by atoms with E-state index in [0.717, 1.165) is 29.5 Å². The maximum absolute atomic E-state index is 11.6. The predicted octanol–water partition coefficient (Wildman–Crippen LogP) is 0.811. The van der Waals surface area contributed by atoms with Gasteiger partial charge in [0.15, 0.2) is 5.96 Å². The van der Waals surface area contributed by atoms with Crippen LogP contribution in [0.25, 0.3) is 0 Å². The summed E-state index contributed by atoms with van der Waals surface area (Å²) in [6.07, 6.45) is 2.60. The third-order valence-electron chi connectivity index (χ3n) is 3.60. The lowest BCUT2D eigenvalue weighted by atomic mass is 10.1. The van der Waals surface area contributed by atoms with Gasteiger partial charge in [-0.25, -0.2) is 13.1 Å². The summed E-state index contributed by atoms with van der Waals surface area (Å²) in [4.78, 5) is 4.19. The molecule has 0 aliphatic heterocycles. The van der Waals surface area contributed by atoms with E-state index in [1.807, 2.05) is 24.3 Å². The lowest BCUT2D eigenvalue weighted by molar-refractivity contribution is 0.587. The molecule has 2 rings (SSSR count). The van der Waals surface area contributed by atoms with Gasteiger partial charge < -0.3 is 10.6 Å². The largest absolute Gasteiger partial charge is 0.356 e. The van der Waals surface area contributed by atoms with Crippen LogP contribution in [0, 0.1) is 5.92 Å². The van der Waals surface area contributed by atoms with Gasteiger partial charge in [-0.05, 0) is 36.9 Å². The fraction of sp³-hybridized carbons (Fsp3) is 0.533. The Labute approximate surface area is 132 Å². The molecule has 1 aliphatic rings. The molecule has 6 nitrogen and oxygen atoms in total. The minimum atomic E-state index is -3.24. The Bertz CT molecular complexity index is 624. The number of guanidine groups is 1. The number of hydrogen-bond donors (Lipinski definition) is 3. The minimum Gasteiger partial charge on any atom is -0.356 e. The van der Waals surface area contributed by atoms with Crippen LogP contribution in [0.2, 0.25) is 0 Å². The van der Waals surface area contributed by atoms with E-state index in [9.17, 15) is 8.42 Å². The van der Waals surface area contributed by atoms with Gasteiger partial charge in [0.25, 0.3) is 0 Å². The lowest BCUT2D eigenvalue weighted by Crippen LogP contribution is -2.37. The Morgan fingerprint density at radius 3 is 2.64 bits per heavy atom. The van der Waals surface area contributed by atoms with Gasteiger partial charge in [-0.2, -0.15) is 0 Å². The molecule has 0 amide bonds. The molecule has 1 aliphatic carbocycles. The van der Waals surface area contributed by atoms with Crippen molar-refractivity contribution in [2.24, 2.45) is 10.9 Å². The van der Waals surface area contributed by atoms with Gasteiger partial charge in [0.1, 0.15) is 0 Å². The van der Waals surface area contributed by atoms with Crippen LogP contribution in [0.15, 0.2) is 29.3 Å². The summed E-state index contributed by atoms with van der Waals surface area (Å²) in [6, 6.07) is 7.56. The third-order valence-corrected chi connectivity index (χ3v) is 4.93. The maximum Gasteiger partial charge on any atom is 0.215 e. The summed E-state index contributed by atoms with van der Waals surface area (Å²) in [5, 5.41) is 6.54. The average molecular weight is 324 g/mol. The summed E-state index contributed by atoms with van der Waals surface area (Å²) in [6.45, 7) is 1.57. The molecular weight excluding hydrogens is 300 g/mol. The molecule has 0 spiro atoms. The van der Waals surface area contributed by atoms with Gasteiger partial charge in [0.2, 0.25) is 10.0 Å². The van der Waals surface area contributed by atoms with Crippen LogP contribution in [-0.2, 0) is 22.3 Å². The zero-order chi connectivity index (χ0) is 16.0. The summed E-state index contributed by atoms with van der Waals surface area (Å²) in [5.41, 5.74) is 1.80. The summed E-state index contributed by atoms with van der Waals surface area (Å²) >= 11 is 0. The van der Waals surface area contributed by atoms with E-state index in [2.05, 4.69) is 20.3 Å². The standard InChI is InChI=1S/C15H24N4O2S/c1-16-15(18-9-12-6-7-12)19-10-13-4-3-5-14(8-13)11-22(20,21)17-2/h3-5,8,12,17H,6-7,9-11H2,1-2H3,(H2,16,18,19). The van der Waals surface area contributed by atoms with Crippen molar-refractivity contribution in [3.63, 3.8) is 0 Å². The number of aliphatic imine (C=N–C) groups is 1. The number of rotatable bonds is 7. The van der Waals surface area contributed by atoms with Crippen molar-refractivity contribution in [3.8, 4) is 0 Å². The highest BCUT2D eigenvalue weighted by Gasteiger charge is 2.21. The molecule has 1 saturated carbocycles. The highest BCUT2D eigenvalue weighted by Crippen LogP contribution is 2.27. The highest BCUT2D eigenvalue weighted by atomic mass is 32.2. The van der Waals surface area contributed by atoms with Crippen molar-refractivity contribution in [2.45, 2.75) is 25.1 Å². The van der Waals surface area contributed by atoms with Crippen LogP contribution >= 0.6 is 0 Å². The number of nitrogens with one attached hydrogen (secondary N) is 3. The molecule has 0 atom stereocenters. The first-order valence-electron chi connectivity index (χ1n) is 7.46. The Morgan fingerprint density at radius 1 is 1.27 bits per heavy atom. The summed E-state index contributed by atoms with van der Waals surface area (Å²) < 4.78 is 25.5. The molecule has 3 N–H and O–H groups in total. The Kier molecular flexibility index (Phi) is 5.79. The Balaban J connectivity index is 1.89. The molecule has 0 unspecified atom stereocenters. The zero-order valence-electron chi connectivity index (χ0n) is 13.1. The van der Waals surface area contributed by atoms with Crippen molar-refractivity contribution in [2.75, 3.05) is 20.6 Å². The van der Waals surface area contributed by atoms with Gasteiger partial charge in [-0.15, -0.1) is 0 Å². The summed E-state index contributed by atoms with van der Waals surface area (Å²) in [7, 11) is -0.0679. The molecule has 0 aromatic heterocycles. The van der Waals surface area contributed by atoms with Crippen LogP contribution < -0.4 is 15.4 Å². The molecule has 122 valence electrons. The molecule has 0 heterocycles. The second kappa shape index (κ2) is 7.60. The lowest BCUT2D eigenvalue weighted by Gasteiger charge is -2.12. The molecular formula is C15H24N4O2S. The van der Waals surface area contributed by atoms with E-state index in [4.69, 9.17) is 0 Å². The van der Waals surface area contributed by atoms with Crippen LogP contribution in [0.4, 0.5) is 0 Å². The molecule has 0 saturated heterocycles. The topological polar surface area (TPSA) is 82.6 Å². The maximum atomic E-state index is 11.6. The SMILES string of the molecule is CN=C(NCc1cccc(CS(=O)(=O)NC)c1)NCC1CC1. The van der Waals surface area contributed by atoms with Crippen LogP contribution in [-0.4, -0.2) is 35.0 Å². The normalized spacial score (nSPS) is 15.6. The molecule has 1 fully saturated rings. The molecule has 0 bridgehead atoms. The van der Waals surface area contributed by atoms with Gasteiger partial charge in [0, 0.05) is 20.1 Å². The van der Waals surface area contributed by atoms with E-state index in [0.29, 0.717) is 6.54 Å². The first-order valence-corrected chi connectivity index (χ1v) is 9.11. The summed E-state index contributed by atoms with van der Waals surface area (Å²) in [5.74, 6) is 1.56. The van der Waals surface area contributed by atoms with E-state index in [-0.39, 0.29) is 5.75 Å². The van der Waals surface area contributed by atoms with Gasteiger partial charge in [0.05, 0.1) is 5.75 Å². The van der Waals surface area contributed by atoms with E-state index < -0.39 is 10.0 Å². The first kappa shape index (κ1) is 16.8. The smallest absolute Gasteiger partial charge is 0.215 e. The van der Waals surface area contributed by atoms with Gasteiger partial charge in [-0.3, -0.25) is 4.99 Å². The minimum absolute atomic E-state index is 0.00794. The zero-order valence-corrected chi connectivity index (χ0v) is 13.9. The predicted molar refractivity (Wildman–Crippen MR) is 89.1 cm³/mol. The average Bonchev–Trinajstić information content (AvgIpc) is 3.32. The highest BCUT2D eigenvalue weighted by molar-refractivity contribution is 7.88. The van der Waals surface area contributed by atoms with Crippen LogP contribution in [0.1, 0.15) is 24.0 Å². The Morgan fingerprint density at radius 2 is 2.00 bits per heavy atom. The van der Waals surface area contributed by atoms with Crippen molar-refractivity contribution in [1.82, 2.24) is 15.4 Å². The van der Waals surface area contributed by atoms with Crippen LogP contribution in [0.3, 0.4) is 0 Å². The number of nitrogens with zero attached hydrogens (tertiary/aromatic N) is 1. The van der Waals surface area contributed by atoms with Crippen LogP contribution in [0.5, 0.6) is 0 Å². The van der Waals surface area contributed by atoms with E-state index in [1.165, 1.54) is 19.9 Å². The molecule has 22 heavy (non-hydrogen) atoms. The number of hydrogen-bond acceptors (Lipinski definition) is 3. The fourth-order valence-electron chi connectivity index (χ4n) is 2.09. The molecule has 0 radical (unpaired) electrons. The molecule has 1 aromatic rings. The fourth-order valence-corrected chi connectivity index (χ4v) is 2.85. The van der Waals surface area contributed by atoms with Crippen molar-refractivity contribution in [3.05, 3.63) is 35.4 Å². The number of benzene rings is 1.